The number of aromatic nitrogens is 1. The Morgan fingerprint density at radius 3 is 3.12 bits per heavy atom. The molecule has 1 amide bonds. The van der Waals surface area contributed by atoms with Gasteiger partial charge in [-0.05, 0) is 18.6 Å². The molecule has 0 bridgehead atoms. The number of amides is 1. The molecule has 17 heavy (non-hydrogen) atoms. The van der Waals surface area contributed by atoms with Gasteiger partial charge in [0.25, 0.3) is 0 Å². The first-order chi connectivity index (χ1) is 8.26. The van der Waals surface area contributed by atoms with Crippen LogP contribution in [0.1, 0.15) is 25.5 Å². The smallest absolute Gasteiger partial charge is 0.412 e. The Balaban J connectivity index is 2.47. The van der Waals surface area contributed by atoms with Crippen molar-refractivity contribution < 1.29 is 9.53 Å². The van der Waals surface area contributed by atoms with Crippen molar-refractivity contribution in [2.75, 3.05) is 11.9 Å². The lowest BCUT2D eigenvalue weighted by Gasteiger charge is -2.06. The van der Waals surface area contributed by atoms with Gasteiger partial charge >= 0.3 is 6.09 Å². The summed E-state index contributed by atoms with van der Waals surface area (Å²) >= 11 is 0. The summed E-state index contributed by atoms with van der Waals surface area (Å²) in [6, 6.07) is 7.13. The first kappa shape index (κ1) is 13.0. The zero-order chi connectivity index (χ0) is 12.5. The summed E-state index contributed by atoms with van der Waals surface area (Å²) in [4.78, 5) is 15.4. The van der Waals surface area contributed by atoms with Gasteiger partial charge < -0.3 is 4.74 Å². The van der Waals surface area contributed by atoms with Crippen molar-refractivity contribution in [3.8, 4) is 6.07 Å². The van der Waals surface area contributed by atoms with Crippen LogP contribution in [-0.4, -0.2) is 17.7 Å². The monoisotopic (exact) mass is 233 g/mol. The van der Waals surface area contributed by atoms with Crippen LogP contribution in [0.3, 0.4) is 0 Å². The van der Waals surface area contributed by atoms with E-state index in [4.69, 9.17) is 10.00 Å². The first-order valence-electron chi connectivity index (χ1n) is 5.53. The lowest BCUT2D eigenvalue weighted by molar-refractivity contribution is 0.160. The molecule has 1 heterocycles. The first-order valence-corrected chi connectivity index (χ1v) is 5.53. The molecule has 0 aliphatic carbocycles. The van der Waals surface area contributed by atoms with E-state index in [0.717, 1.165) is 12.8 Å². The van der Waals surface area contributed by atoms with Gasteiger partial charge in [0, 0.05) is 0 Å². The molecular formula is C12H15N3O2. The molecule has 1 rings (SSSR count). The molecule has 0 saturated carbocycles. The van der Waals surface area contributed by atoms with Crippen molar-refractivity contribution in [2.24, 2.45) is 0 Å². The molecule has 0 aliphatic rings. The number of nitrogens with one attached hydrogen (secondary N) is 1. The summed E-state index contributed by atoms with van der Waals surface area (Å²) in [6.45, 7) is 2.43. The molecule has 0 radical (unpaired) electrons. The van der Waals surface area contributed by atoms with E-state index in [1.807, 2.05) is 13.0 Å². The van der Waals surface area contributed by atoms with Crippen LogP contribution in [0.2, 0.25) is 0 Å². The third-order valence-corrected chi connectivity index (χ3v) is 2.03. The molecule has 1 N–H and O–H groups in total. The van der Waals surface area contributed by atoms with Crippen molar-refractivity contribution >= 4 is 11.9 Å². The van der Waals surface area contributed by atoms with Crippen molar-refractivity contribution in [1.29, 1.82) is 5.26 Å². The highest BCUT2D eigenvalue weighted by atomic mass is 16.5. The molecule has 0 unspecified atom stereocenters. The zero-order valence-electron chi connectivity index (χ0n) is 9.77. The van der Waals surface area contributed by atoms with Gasteiger partial charge in [0.05, 0.1) is 24.8 Å². The predicted molar refractivity (Wildman–Crippen MR) is 63.4 cm³/mol. The zero-order valence-corrected chi connectivity index (χ0v) is 9.77. The normalized spacial score (nSPS) is 9.41. The van der Waals surface area contributed by atoms with Crippen molar-refractivity contribution in [1.82, 2.24) is 4.98 Å². The van der Waals surface area contributed by atoms with Crippen LogP contribution in [-0.2, 0) is 11.2 Å². The number of unbranched alkanes of at least 4 members (excludes halogenated alkanes) is 1. The summed E-state index contributed by atoms with van der Waals surface area (Å²) in [5.74, 6) is 0.402. The van der Waals surface area contributed by atoms with Crippen LogP contribution < -0.4 is 5.32 Å². The molecule has 90 valence electrons. The largest absolute Gasteiger partial charge is 0.449 e. The second-order valence-electron chi connectivity index (χ2n) is 3.46. The number of nitriles is 1. The Labute approximate surface area is 100 Å². The minimum Gasteiger partial charge on any atom is -0.449 e. The molecular weight excluding hydrogens is 218 g/mol. The molecule has 0 aromatic carbocycles. The van der Waals surface area contributed by atoms with Crippen molar-refractivity contribution in [3.05, 3.63) is 23.9 Å². The highest BCUT2D eigenvalue weighted by Gasteiger charge is 2.04. The lowest BCUT2D eigenvalue weighted by Crippen LogP contribution is -2.15. The Kier molecular flexibility index (Phi) is 5.52. The third-order valence-electron chi connectivity index (χ3n) is 2.03. The van der Waals surface area contributed by atoms with Crippen LogP contribution in [0.4, 0.5) is 10.6 Å². The minimum absolute atomic E-state index is 0.223. The summed E-state index contributed by atoms with van der Waals surface area (Å²) in [6.07, 6.45) is 1.53. The van der Waals surface area contributed by atoms with Gasteiger partial charge in [0.2, 0.25) is 0 Å². The van der Waals surface area contributed by atoms with Crippen LogP contribution in [0.15, 0.2) is 18.2 Å². The van der Waals surface area contributed by atoms with Crippen molar-refractivity contribution in [2.45, 2.75) is 26.2 Å². The molecule has 5 nitrogen and oxygen atoms in total. The number of carbonyl (C=O) groups is 1. The number of nitrogens with zero attached hydrogens (tertiary/aromatic N) is 2. The Morgan fingerprint density at radius 2 is 2.41 bits per heavy atom. The van der Waals surface area contributed by atoms with Gasteiger partial charge in [-0.25, -0.2) is 9.78 Å². The summed E-state index contributed by atoms with van der Waals surface area (Å²) in [7, 11) is 0. The summed E-state index contributed by atoms with van der Waals surface area (Å²) in [5, 5.41) is 11.1. The van der Waals surface area contributed by atoms with E-state index < -0.39 is 6.09 Å². The molecule has 5 heteroatoms. The number of rotatable bonds is 5. The van der Waals surface area contributed by atoms with Gasteiger partial charge in [-0.1, -0.05) is 19.4 Å². The van der Waals surface area contributed by atoms with E-state index in [1.165, 1.54) is 0 Å². The van der Waals surface area contributed by atoms with Gasteiger partial charge in [-0.2, -0.15) is 5.26 Å². The van der Waals surface area contributed by atoms with Crippen LogP contribution in [0, 0.1) is 11.3 Å². The quantitative estimate of drug-likeness (QED) is 0.793. The molecule has 0 saturated heterocycles. The topological polar surface area (TPSA) is 75.0 Å². The van der Waals surface area contributed by atoms with Gasteiger partial charge in [-0.15, -0.1) is 0 Å². The maximum atomic E-state index is 11.3. The SMILES string of the molecule is CCCCOC(=O)Nc1cccc(CC#N)n1. The number of ether oxygens (including phenoxy) is 1. The standard InChI is InChI=1S/C12H15N3O2/c1-2-3-9-17-12(16)15-11-6-4-5-10(14-11)7-8-13/h4-6H,2-3,7,9H2,1H3,(H,14,15,16). The second kappa shape index (κ2) is 7.23. The van der Waals surface area contributed by atoms with E-state index in [2.05, 4.69) is 10.3 Å². The van der Waals surface area contributed by atoms with E-state index in [-0.39, 0.29) is 6.42 Å². The second-order valence-corrected chi connectivity index (χ2v) is 3.46. The molecule has 1 aromatic heterocycles. The lowest BCUT2D eigenvalue weighted by atomic mass is 10.3. The van der Waals surface area contributed by atoms with E-state index >= 15 is 0 Å². The highest BCUT2D eigenvalue weighted by molar-refractivity contribution is 5.83. The molecule has 1 aromatic rings. The van der Waals surface area contributed by atoms with E-state index in [1.54, 1.807) is 18.2 Å². The summed E-state index contributed by atoms with van der Waals surface area (Å²) in [5.41, 5.74) is 0.624. The predicted octanol–water partition coefficient (Wildman–Crippen LogP) is 2.50. The van der Waals surface area contributed by atoms with Crippen molar-refractivity contribution in [3.63, 3.8) is 0 Å². The Hall–Kier alpha value is -2.09. The Morgan fingerprint density at radius 1 is 1.59 bits per heavy atom. The Bertz CT molecular complexity index is 412. The molecule has 0 aliphatic heterocycles. The third kappa shape index (κ3) is 4.98. The van der Waals surface area contributed by atoms with Gasteiger partial charge in [0.1, 0.15) is 5.82 Å². The van der Waals surface area contributed by atoms with E-state index in [0.29, 0.717) is 18.1 Å². The fourth-order valence-corrected chi connectivity index (χ4v) is 1.18. The minimum atomic E-state index is -0.514. The highest BCUT2D eigenvalue weighted by Crippen LogP contribution is 2.05. The fraction of sp³-hybridized carbons (Fsp3) is 0.417. The van der Waals surface area contributed by atoms with Gasteiger partial charge in [-0.3, -0.25) is 5.32 Å². The van der Waals surface area contributed by atoms with E-state index in [9.17, 15) is 4.79 Å². The summed E-state index contributed by atoms with van der Waals surface area (Å²) < 4.78 is 4.93. The number of hydrogen-bond donors (Lipinski definition) is 1. The number of carbonyl (C=O) groups excluding carboxylic acids is 1. The van der Waals surface area contributed by atoms with Gasteiger partial charge in [0.15, 0.2) is 0 Å². The average Bonchev–Trinajstić information content (AvgIpc) is 2.30. The van der Waals surface area contributed by atoms with Crippen LogP contribution >= 0.6 is 0 Å². The molecule has 0 spiro atoms. The average molecular weight is 233 g/mol. The fourth-order valence-electron chi connectivity index (χ4n) is 1.18. The maximum absolute atomic E-state index is 11.3. The number of hydrogen-bond acceptors (Lipinski definition) is 4. The van der Waals surface area contributed by atoms with Crippen LogP contribution in [0.25, 0.3) is 0 Å². The number of anilines is 1. The van der Waals surface area contributed by atoms with Crippen LogP contribution in [0.5, 0.6) is 0 Å². The maximum Gasteiger partial charge on any atom is 0.412 e. The molecule has 0 atom stereocenters. The number of pyridine rings is 1. The molecule has 0 fully saturated rings.